The Bertz CT molecular complexity index is 321. The molecule has 2 nitrogen and oxygen atoms in total. The lowest BCUT2D eigenvalue weighted by molar-refractivity contribution is 0.112. The van der Waals surface area contributed by atoms with Crippen molar-refractivity contribution in [3.05, 3.63) is 23.5 Å². The van der Waals surface area contributed by atoms with E-state index in [-0.39, 0.29) is 0 Å². The van der Waals surface area contributed by atoms with E-state index in [2.05, 4.69) is 4.57 Å². The maximum Gasteiger partial charge on any atom is 0.151 e. The van der Waals surface area contributed by atoms with Gasteiger partial charge in [-0.1, -0.05) is 19.3 Å². The van der Waals surface area contributed by atoms with Crippen molar-refractivity contribution >= 4 is 6.29 Å². The van der Waals surface area contributed by atoms with Gasteiger partial charge in [-0.2, -0.15) is 0 Å². The van der Waals surface area contributed by atoms with Gasteiger partial charge in [-0.15, -0.1) is 0 Å². The number of hydrogen-bond donors (Lipinski definition) is 0. The van der Waals surface area contributed by atoms with Crippen molar-refractivity contribution < 1.29 is 4.79 Å². The Kier molecular flexibility index (Phi) is 2.71. The number of rotatable bonds is 2. The zero-order valence-electron chi connectivity index (χ0n) is 8.70. The number of carbonyl (C=O) groups is 1. The summed E-state index contributed by atoms with van der Waals surface area (Å²) < 4.78 is 2.11. The molecule has 0 aliphatic heterocycles. The molecule has 14 heavy (non-hydrogen) atoms. The van der Waals surface area contributed by atoms with Crippen molar-refractivity contribution in [2.45, 2.75) is 38.0 Å². The highest BCUT2D eigenvalue weighted by Crippen LogP contribution is 2.32. The molecule has 1 saturated carbocycles. The van der Waals surface area contributed by atoms with Gasteiger partial charge >= 0.3 is 0 Å². The SMILES string of the molecule is Cn1cc(C=O)cc1C1CCCCC1. The third-order valence-electron chi connectivity index (χ3n) is 3.22. The minimum atomic E-state index is 0.683. The molecule has 0 aromatic carbocycles. The first-order chi connectivity index (χ1) is 6.81. The minimum Gasteiger partial charge on any atom is -0.353 e. The summed E-state index contributed by atoms with van der Waals surface area (Å²) in [6.07, 6.45) is 9.50. The molecule has 0 spiro atoms. The van der Waals surface area contributed by atoms with Gasteiger partial charge in [-0.3, -0.25) is 4.79 Å². The second kappa shape index (κ2) is 3.99. The average molecular weight is 191 g/mol. The maximum atomic E-state index is 10.6. The summed E-state index contributed by atoms with van der Waals surface area (Å²) in [6.45, 7) is 0. The van der Waals surface area contributed by atoms with Gasteiger partial charge in [0.05, 0.1) is 0 Å². The maximum absolute atomic E-state index is 10.6. The van der Waals surface area contributed by atoms with Crippen molar-refractivity contribution in [3.8, 4) is 0 Å². The molecule has 0 atom stereocenters. The first-order valence-electron chi connectivity index (χ1n) is 5.42. The van der Waals surface area contributed by atoms with Crippen LogP contribution in [0, 0.1) is 0 Å². The Balaban J connectivity index is 2.20. The molecule has 1 aromatic heterocycles. The van der Waals surface area contributed by atoms with Gasteiger partial charge in [0, 0.05) is 24.5 Å². The van der Waals surface area contributed by atoms with E-state index in [0.717, 1.165) is 11.8 Å². The van der Waals surface area contributed by atoms with Crippen molar-refractivity contribution in [3.63, 3.8) is 0 Å². The lowest BCUT2D eigenvalue weighted by Crippen LogP contribution is -2.08. The standard InChI is InChI=1S/C12H17NO/c1-13-8-10(9-14)7-12(13)11-5-3-2-4-6-11/h7-9,11H,2-6H2,1H3. The quantitative estimate of drug-likeness (QED) is 0.659. The second-order valence-electron chi connectivity index (χ2n) is 4.26. The summed E-state index contributed by atoms with van der Waals surface area (Å²) in [4.78, 5) is 10.6. The van der Waals surface area contributed by atoms with Crippen LogP contribution in [0.4, 0.5) is 0 Å². The van der Waals surface area contributed by atoms with E-state index in [1.165, 1.54) is 37.8 Å². The molecule has 0 saturated heterocycles. The van der Waals surface area contributed by atoms with Crippen LogP contribution < -0.4 is 0 Å². The van der Waals surface area contributed by atoms with E-state index in [4.69, 9.17) is 0 Å². The normalized spacial score (nSPS) is 18.4. The molecule has 0 bridgehead atoms. The van der Waals surface area contributed by atoms with Crippen LogP contribution in [0.5, 0.6) is 0 Å². The predicted octanol–water partition coefficient (Wildman–Crippen LogP) is 2.89. The van der Waals surface area contributed by atoms with E-state index in [9.17, 15) is 4.79 Å². The van der Waals surface area contributed by atoms with Crippen LogP contribution in [0.1, 0.15) is 54.1 Å². The van der Waals surface area contributed by atoms with Gasteiger partial charge < -0.3 is 4.57 Å². The summed E-state index contributed by atoms with van der Waals surface area (Å²) in [5.41, 5.74) is 2.15. The molecular weight excluding hydrogens is 174 g/mol. The molecule has 0 amide bonds. The number of aldehydes is 1. The number of aryl methyl sites for hydroxylation is 1. The van der Waals surface area contributed by atoms with E-state index in [0.29, 0.717) is 5.92 Å². The molecule has 76 valence electrons. The van der Waals surface area contributed by atoms with Crippen LogP contribution in [-0.2, 0) is 7.05 Å². The summed E-state index contributed by atoms with van der Waals surface area (Å²) in [5, 5.41) is 0. The van der Waals surface area contributed by atoms with Gasteiger partial charge in [0.1, 0.15) is 0 Å². The van der Waals surface area contributed by atoms with Gasteiger partial charge in [0.25, 0.3) is 0 Å². The van der Waals surface area contributed by atoms with Crippen molar-refractivity contribution in [2.75, 3.05) is 0 Å². The molecule has 1 aliphatic rings. The monoisotopic (exact) mass is 191 g/mol. The average Bonchev–Trinajstić information content (AvgIpc) is 2.61. The Morgan fingerprint density at radius 1 is 1.36 bits per heavy atom. The predicted molar refractivity (Wildman–Crippen MR) is 56.6 cm³/mol. The molecule has 0 radical (unpaired) electrons. The topological polar surface area (TPSA) is 22.0 Å². The summed E-state index contributed by atoms with van der Waals surface area (Å²) in [5.74, 6) is 0.683. The third kappa shape index (κ3) is 1.74. The van der Waals surface area contributed by atoms with E-state index < -0.39 is 0 Å². The Morgan fingerprint density at radius 2 is 2.07 bits per heavy atom. The lowest BCUT2D eigenvalue weighted by Gasteiger charge is -2.22. The van der Waals surface area contributed by atoms with E-state index in [1.807, 2.05) is 19.3 Å². The molecule has 2 heteroatoms. The van der Waals surface area contributed by atoms with Crippen LogP contribution in [0.2, 0.25) is 0 Å². The first kappa shape index (κ1) is 9.50. The Morgan fingerprint density at radius 3 is 2.64 bits per heavy atom. The zero-order chi connectivity index (χ0) is 9.97. The lowest BCUT2D eigenvalue weighted by atomic mass is 9.87. The van der Waals surface area contributed by atoms with Crippen LogP contribution in [0.15, 0.2) is 12.3 Å². The molecule has 1 heterocycles. The largest absolute Gasteiger partial charge is 0.353 e. The highest BCUT2D eigenvalue weighted by atomic mass is 16.1. The number of carbonyl (C=O) groups excluding carboxylic acids is 1. The molecule has 1 aliphatic carbocycles. The van der Waals surface area contributed by atoms with Gasteiger partial charge in [0.2, 0.25) is 0 Å². The fourth-order valence-electron chi connectivity index (χ4n) is 2.48. The molecule has 1 aromatic rings. The Labute approximate surface area is 84.9 Å². The van der Waals surface area contributed by atoms with Crippen molar-refractivity contribution in [1.29, 1.82) is 0 Å². The summed E-state index contributed by atoms with van der Waals surface area (Å²) in [6, 6.07) is 2.04. The van der Waals surface area contributed by atoms with Crippen LogP contribution >= 0.6 is 0 Å². The molecule has 0 N–H and O–H groups in total. The minimum absolute atomic E-state index is 0.683. The highest BCUT2D eigenvalue weighted by molar-refractivity contribution is 5.74. The number of hydrogen-bond acceptors (Lipinski definition) is 1. The van der Waals surface area contributed by atoms with E-state index in [1.54, 1.807) is 0 Å². The summed E-state index contributed by atoms with van der Waals surface area (Å²) in [7, 11) is 2.04. The zero-order valence-corrected chi connectivity index (χ0v) is 8.70. The smallest absolute Gasteiger partial charge is 0.151 e. The summed E-state index contributed by atoms with van der Waals surface area (Å²) >= 11 is 0. The number of aromatic nitrogens is 1. The van der Waals surface area contributed by atoms with Gasteiger partial charge in [-0.05, 0) is 24.8 Å². The Hall–Kier alpha value is -1.05. The fraction of sp³-hybridized carbons (Fsp3) is 0.583. The van der Waals surface area contributed by atoms with Gasteiger partial charge in [0.15, 0.2) is 6.29 Å². The van der Waals surface area contributed by atoms with Crippen LogP contribution in [0.25, 0.3) is 0 Å². The second-order valence-corrected chi connectivity index (χ2v) is 4.26. The third-order valence-corrected chi connectivity index (χ3v) is 3.22. The molecule has 0 unspecified atom stereocenters. The number of nitrogens with zero attached hydrogens (tertiary/aromatic N) is 1. The molecule has 1 fully saturated rings. The fourth-order valence-corrected chi connectivity index (χ4v) is 2.48. The van der Waals surface area contributed by atoms with Crippen LogP contribution in [-0.4, -0.2) is 10.9 Å². The van der Waals surface area contributed by atoms with Crippen molar-refractivity contribution in [2.24, 2.45) is 7.05 Å². The van der Waals surface area contributed by atoms with Crippen molar-refractivity contribution in [1.82, 2.24) is 4.57 Å². The molecular formula is C12H17NO. The first-order valence-corrected chi connectivity index (χ1v) is 5.42. The van der Waals surface area contributed by atoms with Gasteiger partial charge in [-0.25, -0.2) is 0 Å². The molecule has 2 rings (SSSR count). The van der Waals surface area contributed by atoms with E-state index >= 15 is 0 Å². The highest BCUT2D eigenvalue weighted by Gasteiger charge is 2.18. The van der Waals surface area contributed by atoms with Crippen LogP contribution in [0.3, 0.4) is 0 Å².